The zero-order valence-corrected chi connectivity index (χ0v) is 9.41. The summed E-state index contributed by atoms with van der Waals surface area (Å²) in [7, 11) is 2.01. The van der Waals surface area contributed by atoms with Crippen molar-refractivity contribution in [2.45, 2.75) is 27.2 Å². The molecule has 2 rings (SSSR count). The molecule has 2 heteroatoms. The van der Waals surface area contributed by atoms with Gasteiger partial charge in [-0.3, -0.25) is 0 Å². The molecule has 14 heavy (non-hydrogen) atoms. The van der Waals surface area contributed by atoms with Gasteiger partial charge in [-0.2, -0.15) is 0 Å². The van der Waals surface area contributed by atoms with Crippen molar-refractivity contribution in [3.63, 3.8) is 0 Å². The third kappa shape index (κ3) is 2.34. The molecule has 0 unspecified atom stereocenters. The van der Waals surface area contributed by atoms with Gasteiger partial charge in [0.05, 0.1) is 17.4 Å². The van der Waals surface area contributed by atoms with Crippen LogP contribution in [0.1, 0.15) is 25.8 Å². The second kappa shape index (κ2) is 4.80. The van der Waals surface area contributed by atoms with Gasteiger partial charge < -0.3 is 4.57 Å². The van der Waals surface area contributed by atoms with Gasteiger partial charge >= 0.3 is 0 Å². The smallest absolute Gasteiger partial charge is 0.0955 e. The SMILES string of the molecule is CCC.Cc1ccc2ncn(C)c2c1. The molecule has 76 valence electrons. The van der Waals surface area contributed by atoms with Crippen LogP contribution >= 0.6 is 0 Å². The summed E-state index contributed by atoms with van der Waals surface area (Å²) >= 11 is 0. The monoisotopic (exact) mass is 190 g/mol. The van der Waals surface area contributed by atoms with Crippen molar-refractivity contribution in [3.8, 4) is 0 Å². The van der Waals surface area contributed by atoms with E-state index >= 15 is 0 Å². The Balaban J connectivity index is 0.000000293. The fourth-order valence-electron chi connectivity index (χ4n) is 1.24. The number of fused-ring (bicyclic) bond motifs is 1. The molecule has 0 spiro atoms. The lowest BCUT2D eigenvalue weighted by atomic mass is 10.2. The van der Waals surface area contributed by atoms with Crippen LogP contribution in [0, 0.1) is 6.92 Å². The molecule has 0 atom stereocenters. The van der Waals surface area contributed by atoms with E-state index in [4.69, 9.17) is 0 Å². The molecule has 1 aromatic heterocycles. The Morgan fingerprint density at radius 2 is 1.93 bits per heavy atom. The van der Waals surface area contributed by atoms with Crippen LogP contribution in [0.25, 0.3) is 11.0 Å². The molecular formula is C12H18N2. The van der Waals surface area contributed by atoms with Gasteiger partial charge in [0.25, 0.3) is 0 Å². The number of hydrogen-bond acceptors (Lipinski definition) is 1. The highest BCUT2D eigenvalue weighted by atomic mass is 15.0. The van der Waals surface area contributed by atoms with Crippen molar-refractivity contribution >= 4 is 11.0 Å². The molecule has 2 aromatic rings. The molecule has 0 N–H and O–H groups in total. The predicted molar refractivity (Wildman–Crippen MR) is 61.4 cm³/mol. The topological polar surface area (TPSA) is 17.8 Å². The molecule has 0 amide bonds. The Bertz CT molecular complexity index is 402. The van der Waals surface area contributed by atoms with Crippen LogP contribution in [0.5, 0.6) is 0 Å². The molecule has 0 aliphatic carbocycles. The number of nitrogens with zero attached hydrogens (tertiary/aromatic N) is 2. The summed E-state index contributed by atoms with van der Waals surface area (Å²) in [6.45, 7) is 6.34. The number of hydrogen-bond donors (Lipinski definition) is 0. The first-order chi connectivity index (χ1) is 6.69. The van der Waals surface area contributed by atoms with E-state index in [-0.39, 0.29) is 0 Å². The first-order valence-corrected chi connectivity index (χ1v) is 5.06. The maximum atomic E-state index is 4.22. The van der Waals surface area contributed by atoms with E-state index in [1.807, 2.05) is 24.0 Å². The molecule has 0 aliphatic rings. The third-order valence-electron chi connectivity index (χ3n) is 1.88. The van der Waals surface area contributed by atoms with Gasteiger partial charge in [0.1, 0.15) is 0 Å². The zero-order valence-electron chi connectivity index (χ0n) is 9.41. The summed E-state index contributed by atoms with van der Waals surface area (Å²) in [6.07, 6.45) is 3.09. The Kier molecular flexibility index (Phi) is 3.69. The second-order valence-electron chi connectivity index (χ2n) is 3.55. The van der Waals surface area contributed by atoms with Crippen LogP contribution in [0.4, 0.5) is 0 Å². The summed E-state index contributed by atoms with van der Waals surface area (Å²) in [5, 5.41) is 0. The number of benzene rings is 1. The highest BCUT2D eigenvalue weighted by Crippen LogP contribution is 2.12. The van der Waals surface area contributed by atoms with Gasteiger partial charge in [-0.1, -0.05) is 26.3 Å². The number of aryl methyl sites for hydroxylation is 2. The zero-order chi connectivity index (χ0) is 10.6. The maximum absolute atomic E-state index is 4.22. The molecule has 0 bridgehead atoms. The predicted octanol–water partition coefficient (Wildman–Crippen LogP) is 3.30. The van der Waals surface area contributed by atoms with Crippen molar-refractivity contribution in [2.24, 2.45) is 7.05 Å². The van der Waals surface area contributed by atoms with Crippen molar-refractivity contribution in [2.75, 3.05) is 0 Å². The summed E-state index contributed by atoms with van der Waals surface area (Å²) < 4.78 is 2.03. The lowest BCUT2D eigenvalue weighted by Crippen LogP contribution is -1.83. The Morgan fingerprint density at radius 3 is 2.57 bits per heavy atom. The van der Waals surface area contributed by atoms with Crippen molar-refractivity contribution < 1.29 is 0 Å². The molecule has 0 saturated heterocycles. The highest BCUT2D eigenvalue weighted by Gasteiger charge is 1.96. The van der Waals surface area contributed by atoms with E-state index in [0.29, 0.717) is 0 Å². The van der Waals surface area contributed by atoms with Crippen LogP contribution in [0.3, 0.4) is 0 Å². The van der Waals surface area contributed by atoms with Crippen molar-refractivity contribution in [1.82, 2.24) is 9.55 Å². The molecule has 0 saturated carbocycles. The fraction of sp³-hybridized carbons (Fsp3) is 0.417. The molecular weight excluding hydrogens is 172 g/mol. The molecule has 0 fully saturated rings. The maximum Gasteiger partial charge on any atom is 0.0955 e. The molecule has 1 heterocycles. The third-order valence-corrected chi connectivity index (χ3v) is 1.88. The summed E-state index contributed by atoms with van der Waals surface area (Å²) in [5.41, 5.74) is 3.55. The van der Waals surface area contributed by atoms with Crippen LogP contribution < -0.4 is 0 Å². The Hall–Kier alpha value is -1.31. The van der Waals surface area contributed by atoms with Crippen LogP contribution in [-0.4, -0.2) is 9.55 Å². The average molecular weight is 190 g/mol. The molecule has 2 nitrogen and oxygen atoms in total. The summed E-state index contributed by atoms with van der Waals surface area (Å²) in [5.74, 6) is 0. The summed E-state index contributed by atoms with van der Waals surface area (Å²) in [4.78, 5) is 4.22. The van der Waals surface area contributed by atoms with E-state index in [9.17, 15) is 0 Å². The first-order valence-electron chi connectivity index (χ1n) is 5.06. The van der Waals surface area contributed by atoms with Gasteiger partial charge in [0, 0.05) is 7.05 Å². The normalized spacial score (nSPS) is 9.71. The minimum absolute atomic E-state index is 1.07. The lowest BCUT2D eigenvalue weighted by molar-refractivity contribution is 0.947. The average Bonchev–Trinajstić information content (AvgIpc) is 2.49. The minimum Gasteiger partial charge on any atom is -0.334 e. The lowest BCUT2D eigenvalue weighted by Gasteiger charge is -1.94. The fourth-order valence-corrected chi connectivity index (χ4v) is 1.24. The van der Waals surface area contributed by atoms with Crippen molar-refractivity contribution in [1.29, 1.82) is 0 Å². The van der Waals surface area contributed by atoms with E-state index in [1.165, 1.54) is 17.5 Å². The van der Waals surface area contributed by atoms with E-state index in [0.717, 1.165) is 5.52 Å². The number of imidazole rings is 1. The van der Waals surface area contributed by atoms with Gasteiger partial charge in [-0.25, -0.2) is 4.98 Å². The van der Waals surface area contributed by atoms with E-state index in [1.54, 1.807) is 0 Å². The highest BCUT2D eigenvalue weighted by molar-refractivity contribution is 5.75. The molecule has 0 aliphatic heterocycles. The Labute approximate surface area is 85.6 Å². The molecule has 0 radical (unpaired) electrons. The van der Waals surface area contributed by atoms with Crippen LogP contribution in [0.2, 0.25) is 0 Å². The van der Waals surface area contributed by atoms with Gasteiger partial charge in [-0.15, -0.1) is 0 Å². The summed E-state index contributed by atoms with van der Waals surface area (Å²) in [6, 6.07) is 6.27. The second-order valence-corrected chi connectivity index (χ2v) is 3.55. The molecule has 1 aromatic carbocycles. The van der Waals surface area contributed by atoms with E-state index in [2.05, 4.69) is 37.9 Å². The van der Waals surface area contributed by atoms with Crippen LogP contribution in [-0.2, 0) is 7.05 Å². The minimum atomic E-state index is 1.07. The largest absolute Gasteiger partial charge is 0.334 e. The van der Waals surface area contributed by atoms with E-state index < -0.39 is 0 Å². The van der Waals surface area contributed by atoms with Gasteiger partial charge in [0.15, 0.2) is 0 Å². The van der Waals surface area contributed by atoms with Gasteiger partial charge in [-0.05, 0) is 24.6 Å². The van der Waals surface area contributed by atoms with Gasteiger partial charge in [0.2, 0.25) is 0 Å². The number of aromatic nitrogens is 2. The number of rotatable bonds is 0. The quantitative estimate of drug-likeness (QED) is 0.623. The van der Waals surface area contributed by atoms with Crippen LogP contribution in [0.15, 0.2) is 24.5 Å². The first kappa shape index (κ1) is 10.8. The van der Waals surface area contributed by atoms with Crippen molar-refractivity contribution in [3.05, 3.63) is 30.1 Å². The Morgan fingerprint density at radius 1 is 1.29 bits per heavy atom. The standard InChI is InChI=1S/C9H10N2.C3H8/c1-7-3-4-8-9(5-7)11(2)6-10-8;1-3-2/h3-6H,1-2H3;3H2,1-2H3.